The maximum absolute atomic E-state index is 5.46. The first-order chi connectivity index (χ1) is 8.18. The zero-order valence-corrected chi connectivity index (χ0v) is 11.4. The highest BCUT2D eigenvalue weighted by Gasteiger charge is 2.31. The van der Waals surface area contributed by atoms with Crippen LogP contribution in [0.5, 0.6) is 0 Å². The van der Waals surface area contributed by atoms with Crippen molar-refractivity contribution in [1.82, 2.24) is 10.6 Å². The first-order valence-electron chi connectivity index (χ1n) is 7.20. The van der Waals surface area contributed by atoms with Gasteiger partial charge in [0, 0.05) is 25.8 Å². The summed E-state index contributed by atoms with van der Waals surface area (Å²) in [6, 6.07) is 0.732. The van der Waals surface area contributed by atoms with Gasteiger partial charge in [-0.15, -0.1) is 0 Å². The van der Waals surface area contributed by atoms with Crippen molar-refractivity contribution in [3.05, 3.63) is 0 Å². The lowest BCUT2D eigenvalue weighted by Crippen LogP contribution is -2.46. The van der Waals surface area contributed by atoms with Crippen LogP contribution < -0.4 is 10.6 Å². The van der Waals surface area contributed by atoms with E-state index in [0.29, 0.717) is 5.41 Å². The molecular weight excluding hydrogens is 212 g/mol. The molecule has 3 heteroatoms. The smallest absolute Gasteiger partial charge is 0.0468 e. The molecule has 0 amide bonds. The van der Waals surface area contributed by atoms with E-state index in [-0.39, 0.29) is 0 Å². The molecule has 0 bridgehead atoms. The van der Waals surface area contributed by atoms with Crippen molar-refractivity contribution in [3.8, 4) is 0 Å². The molecule has 2 aliphatic heterocycles. The first-order valence-corrected chi connectivity index (χ1v) is 7.20. The predicted molar refractivity (Wildman–Crippen MR) is 71.2 cm³/mol. The molecule has 0 spiro atoms. The molecule has 2 saturated heterocycles. The van der Waals surface area contributed by atoms with E-state index >= 15 is 0 Å². The second-order valence-corrected chi connectivity index (χ2v) is 6.28. The van der Waals surface area contributed by atoms with Gasteiger partial charge in [0.15, 0.2) is 0 Å². The zero-order valence-electron chi connectivity index (χ0n) is 11.4. The van der Waals surface area contributed by atoms with Crippen molar-refractivity contribution < 1.29 is 4.74 Å². The van der Waals surface area contributed by atoms with Crippen LogP contribution in [0.15, 0.2) is 0 Å². The molecule has 2 aliphatic rings. The van der Waals surface area contributed by atoms with Crippen molar-refractivity contribution in [1.29, 1.82) is 0 Å². The molecule has 0 radical (unpaired) electrons. The van der Waals surface area contributed by atoms with Crippen LogP contribution in [-0.2, 0) is 4.74 Å². The standard InChI is InChI=1S/C14H28N2O/c1-14(2,12-5-9-17-10-6-12)11-16-13-3-7-15-8-4-13/h12-13,15-16H,3-11H2,1-2H3. The lowest BCUT2D eigenvalue weighted by Gasteiger charge is -2.38. The van der Waals surface area contributed by atoms with E-state index in [1.807, 2.05) is 0 Å². The molecule has 0 aromatic carbocycles. The fraction of sp³-hybridized carbons (Fsp3) is 1.00. The Morgan fingerprint density at radius 3 is 2.41 bits per heavy atom. The second kappa shape index (κ2) is 6.17. The number of rotatable bonds is 4. The Kier molecular flexibility index (Phi) is 4.83. The van der Waals surface area contributed by atoms with Crippen LogP contribution in [0, 0.1) is 11.3 Å². The molecule has 3 nitrogen and oxygen atoms in total. The molecule has 2 N–H and O–H groups in total. The fourth-order valence-electron chi connectivity index (χ4n) is 3.06. The molecule has 0 saturated carbocycles. The Morgan fingerprint density at radius 2 is 1.76 bits per heavy atom. The Morgan fingerprint density at radius 1 is 1.12 bits per heavy atom. The van der Waals surface area contributed by atoms with Crippen LogP contribution in [0.3, 0.4) is 0 Å². The van der Waals surface area contributed by atoms with Gasteiger partial charge in [0.05, 0.1) is 0 Å². The van der Waals surface area contributed by atoms with Crippen LogP contribution in [0.1, 0.15) is 39.5 Å². The topological polar surface area (TPSA) is 33.3 Å². The van der Waals surface area contributed by atoms with Gasteiger partial charge in [-0.1, -0.05) is 13.8 Å². The first kappa shape index (κ1) is 13.3. The highest BCUT2D eigenvalue weighted by atomic mass is 16.5. The minimum absolute atomic E-state index is 0.411. The Balaban J connectivity index is 1.75. The van der Waals surface area contributed by atoms with E-state index < -0.39 is 0 Å². The number of piperidine rings is 1. The predicted octanol–water partition coefficient (Wildman–Crippen LogP) is 1.78. The molecule has 0 aliphatic carbocycles. The third-order valence-electron chi connectivity index (χ3n) is 4.51. The molecule has 2 fully saturated rings. The summed E-state index contributed by atoms with van der Waals surface area (Å²) in [7, 11) is 0. The summed E-state index contributed by atoms with van der Waals surface area (Å²) in [5.74, 6) is 0.825. The molecule has 17 heavy (non-hydrogen) atoms. The van der Waals surface area contributed by atoms with Gasteiger partial charge < -0.3 is 15.4 Å². The summed E-state index contributed by atoms with van der Waals surface area (Å²) >= 11 is 0. The summed E-state index contributed by atoms with van der Waals surface area (Å²) in [6.07, 6.45) is 5.04. The van der Waals surface area contributed by atoms with Gasteiger partial charge in [0.2, 0.25) is 0 Å². The molecule has 0 aromatic heterocycles. The summed E-state index contributed by atoms with van der Waals surface area (Å²) in [5.41, 5.74) is 0.411. The summed E-state index contributed by atoms with van der Waals surface area (Å²) in [6.45, 7) is 10.3. The van der Waals surface area contributed by atoms with Gasteiger partial charge in [0.25, 0.3) is 0 Å². The normalized spacial score (nSPS) is 25.1. The van der Waals surface area contributed by atoms with E-state index in [9.17, 15) is 0 Å². The van der Waals surface area contributed by atoms with Gasteiger partial charge in [-0.2, -0.15) is 0 Å². The quantitative estimate of drug-likeness (QED) is 0.786. The number of hydrogen-bond acceptors (Lipinski definition) is 3. The maximum atomic E-state index is 5.46. The maximum Gasteiger partial charge on any atom is 0.0468 e. The highest BCUT2D eigenvalue weighted by molar-refractivity contribution is 4.84. The minimum Gasteiger partial charge on any atom is -0.381 e. The molecule has 2 heterocycles. The van der Waals surface area contributed by atoms with Gasteiger partial charge in [-0.05, 0) is 50.1 Å². The average molecular weight is 240 g/mol. The molecule has 0 atom stereocenters. The summed E-state index contributed by atoms with van der Waals surface area (Å²) in [5, 5.41) is 7.20. The zero-order chi connectivity index (χ0) is 12.1. The number of ether oxygens (including phenoxy) is 1. The Labute approximate surface area is 106 Å². The molecule has 0 unspecified atom stereocenters. The third-order valence-corrected chi connectivity index (χ3v) is 4.51. The monoisotopic (exact) mass is 240 g/mol. The summed E-state index contributed by atoms with van der Waals surface area (Å²) in [4.78, 5) is 0. The average Bonchev–Trinajstić information content (AvgIpc) is 2.39. The van der Waals surface area contributed by atoms with Gasteiger partial charge in [0.1, 0.15) is 0 Å². The van der Waals surface area contributed by atoms with Crippen molar-refractivity contribution in [3.63, 3.8) is 0 Å². The summed E-state index contributed by atoms with van der Waals surface area (Å²) < 4.78 is 5.46. The molecule has 0 aromatic rings. The van der Waals surface area contributed by atoms with E-state index in [2.05, 4.69) is 24.5 Å². The van der Waals surface area contributed by atoms with Gasteiger partial charge in [-0.25, -0.2) is 0 Å². The van der Waals surface area contributed by atoms with Gasteiger partial charge in [-0.3, -0.25) is 0 Å². The van der Waals surface area contributed by atoms with Crippen molar-refractivity contribution in [2.45, 2.75) is 45.6 Å². The van der Waals surface area contributed by atoms with E-state index in [1.54, 1.807) is 0 Å². The van der Waals surface area contributed by atoms with Crippen LogP contribution in [0.25, 0.3) is 0 Å². The molecule has 100 valence electrons. The van der Waals surface area contributed by atoms with Crippen LogP contribution in [-0.4, -0.2) is 38.9 Å². The van der Waals surface area contributed by atoms with E-state index in [1.165, 1.54) is 38.8 Å². The van der Waals surface area contributed by atoms with E-state index in [4.69, 9.17) is 4.74 Å². The lowest BCUT2D eigenvalue weighted by molar-refractivity contribution is 0.0216. The Hall–Kier alpha value is -0.120. The van der Waals surface area contributed by atoms with E-state index in [0.717, 1.165) is 31.7 Å². The third kappa shape index (κ3) is 3.94. The van der Waals surface area contributed by atoms with Crippen LogP contribution in [0.2, 0.25) is 0 Å². The molecule has 2 rings (SSSR count). The highest BCUT2D eigenvalue weighted by Crippen LogP contribution is 2.33. The van der Waals surface area contributed by atoms with Crippen LogP contribution >= 0.6 is 0 Å². The number of nitrogens with one attached hydrogen (secondary N) is 2. The Bertz CT molecular complexity index is 218. The largest absolute Gasteiger partial charge is 0.381 e. The lowest BCUT2D eigenvalue weighted by atomic mass is 9.74. The SMILES string of the molecule is CC(C)(CNC1CCNCC1)C1CCOCC1. The van der Waals surface area contributed by atoms with Gasteiger partial charge >= 0.3 is 0 Å². The van der Waals surface area contributed by atoms with Crippen molar-refractivity contribution in [2.75, 3.05) is 32.8 Å². The van der Waals surface area contributed by atoms with Crippen molar-refractivity contribution in [2.24, 2.45) is 11.3 Å². The van der Waals surface area contributed by atoms with Crippen LogP contribution in [0.4, 0.5) is 0 Å². The molecular formula is C14H28N2O. The minimum atomic E-state index is 0.411. The fourth-order valence-corrected chi connectivity index (χ4v) is 3.06. The van der Waals surface area contributed by atoms with Crippen molar-refractivity contribution >= 4 is 0 Å². The second-order valence-electron chi connectivity index (χ2n) is 6.28. The number of hydrogen-bond donors (Lipinski definition) is 2.